The van der Waals surface area contributed by atoms with Crippen LogP contribution in [0.4, 0.5) is 0 Å². The first-order chi connectivity index (χ1) is 9.72. The van der Waals surface area contributed by atoms with E-state index in [-0.39, 0.29) is 0 Å². The monoisotopic (exact) mass is 271 g/mol. The Labute approximate surface area is 122 Å². The fourth-order valence-electron chi connectivity index (χ4n) is 2.93. The first-order valence-corrected chi connectivity index (χ1v) is 7.71. The number of benzene rings is 1. The van der Waals surface area contributed by atoms with E-state index < -0.39 is 0 Å². The zero-order valence-corrected chi connectivity index (χ0v) is 12.6. The molecule has 0 spiro atoms. The number of nitrogens with zero attached hydrogens (tertiary/aromatic N) is 2. The van der Waals surface area contributed by atoms with Gasteiger partial charge >= 0.3 is 0 Å². The number of nitrogens with one attached hydrogen (secondary N) is 1. The van der Waals surface area contributed by atoms with E-state index in [1.165, 1.54) is 37.9 Å². The maximum atomic E-state index is 8.84. The van der Waals surface area contributed by atoms with Gasteiger partial charge in [0.05, 0.1) is 11.6 Å². The number of hydrogen-bond acceptors (Lipinski definition) is 3. The summed E-state index contributed by atoms with van der Waals surface area (Å²) < 4.78 is 0. The summed E-state index contributed by atoms with van der Waals surface area (Å²) >= 11 is 0. The van der Waals surface area contributed by atoms with Crippen molar-refractivity contribution >= 4 is 0 Å². The van der Waals surface area contributed by atoms with Crippen LogP contribution < -0.4 is 5.32 Å². The van der Waals surface area contributed by atoms with Gasteiger partial charge in [-0.05, 0) is 63.5 Å². The highest BCUT2D eigenvalue weighted by Crippen LogP contribution is 2.18. The molecule has 0 aromatic heterocycles. The molecular formula is C17H25N3. The molecule has 3 heteroatoms. The molecule has 0 amide bonds. The molecule has 1 N–H and O–H groups in total. The average molecular weight is 271 g/mol. The maximum Gasteiger partial charge on any atom is 0.0991 e. The third-order valence-corrected chi connectivity index (χ3v) is 4.29. The lowest BCUT2D eigenvalue weighted by Crippen LogP contribution is -2.32. The Hall–Kier alpha value is -1.37. The summed E-state index contributed by atoms with van der Waals surface area (Å²) in [6.07, 6.45) is 3.77. The first-order valence-electron chi connectivity index (χ1n) is 7.71. The molecule has 0 saturated carbocycles. The van der Waals surface area contributed by atoms with E-state index in [1.807, 2.05) is 12.1 Å². The normalized spacial score (nSPS) is 21.9. The summed E-state index contributed by atoms with van der Waals surface area (Å²) in [7, 11) is 0. The number of likely N-dealkylation sites (tertiary alicyclic amines) is 1. The van der Waals surface area contributed by atoms with Crippen molar-refractivity contribution < 1.29 is 0 Å². The van der Waals surface area contributed by atoms with Crippen LogP contribution in [-0.4, -0.2) is 30.6 Å². The topological polar surface area (TPSA) is 39.1 Å². The Kier molecular flexibility index (Phi) is 5.58. The fraction of sp³-hybridized carbons (Fsp3) is 0.588. The molecule has 1 aromatic carbocycles. The lowest BCUT2D eigenvalue weighted by molar-refractivity contribution is 0.295. The van der Waals surface area contributed by atoms with E-state index in [9.17, 15) is 0 Å². The molecule has 1 fully saturated rings. The van der Waals surface area contributed by atoms with E-state index in [0.717, 1.165) is 12.1 Å². The molecule has 1 aromatic rings. The summed E-state index contributed by atoms with van der Waals surface area (Å²) in [5.74, 6) is 0. The minimum Gasteiger partial charge on any atom is -0.307 e. The summed E-state index contributed by atoms with van der Waals surface area (Å²) in [6, 6.07) is 11.1. The van der Waals surface area contributed by atoms with E-state index in [1.54, 1.807) is 0 Å². The molecule has 20 heavy (non-hydrogen) atoms. The van der Waals surface area contributed by atoms with Gasteiger partial charge in [-0.15, -0.1) is 0 Å². The molecule has 1 heterocycles. The van der Waals surface area contributed by atoms with Crippen molar-refractivity contribution in [2.75, 3.05) is 19.6 Å². The van der Waals surface area contributed by atoms with Gasteiger partial charge in [-0.1, -0.05) is 19.1 Å². The quantitative estimate of drug-likeness (QED) is 0.914. The number of hydrogen-bond donors (Lipinski definition) is 1. The van der Waals surface area contributed by atoms with Gasteiger partial charge in [-0.3, -0.25) is 0 Å². The minimum absolute atomic E-state index is 0.348. The Bertz CT molecular complexity index is 446. The van der Waals surface area contributed by atoms with Gasteiger partial charge in [-0.25, -0.2) is 0 Å². The second-order valence-corrected chi connectivity index (χ2v) is 5.68. The second-order valence-electron chi connectivity index (χ2n) is 5.68. The van der Waals surface area contributed by atoms with Crippen molar-refractivity contribution in [1.29, 1.82) is 5.26 Å². The molecule has 1 saturated heterocycles. The SMILES string of the molecule is CCN1CCCC(NC(C)c2ccc(C#N)cc2)CC1. The van der Waals surface area contributed by atoms with Gasteiger partial charge in [-0.2, -0.15) is 5.26 Å². The summed E-state index contributed by atoms with van der Waals surface area (Å²) in [6.45, 7) is 8.06. The standard InChI is InChI=1S/C17H25N3/c1-3-20-11-4-5-17(10-12-20)19-14(2)16-8-6-15(13-18)7-9-16/h6-9,14,17,19H,3-5,10-12H2,1-2H3. The Morgan fingerprint density at radius 2 is 2.05 bits per heavy atom. The van der Waals surface area contributed by atoms with Crippen LogP contribution in [0.25, 0.3) is 0 Å². The van der Waals surface area contributed by atoms with Crippen molar-refractivity contribution in [3.63, 3.8) is 0 Å². The van der Waals surface area contributed by atoms with Crippen molar-refractivity contribution in [3.8, 4) is 6.07 Å². The van der Waals surface area contributed by atoms with E-state index in [0.29, 0.717) is 12.1 Å². The second kappa shape index (κ2) is 7.42. The Balaban J connectivity index is 1.90. The van der Waals surface area contributed by atoms with Crippen LogP contribution in [0.1, 0.15) is 50.3 Å². The number of rotatable bonds is 4. The lowest BCUT2D eigenvalue weighted by Gasteiger charge is -2.23. The molecule has 0 aliphatic carbocycles. The van der Waals surface area contributed by atoms with Crippen molar-refractivity contribution in [3.05, 3.63) is 35.4 Å². The third-order valence-electron chi connectivity index (χ3n) is 4.29. The zero-order valence-electron chi connectivity index (χ0n) is 12.6. The molecule has 0 bridgehead atoms. The molecule has 0 radical (unpaired) electrons. The minimum atomic E-state index is 0.348. The van der Waals surface area contributed by atoms with Crippen molar-refractivity contribution in [1.82, 2.24) is 10.2 Å². The summed E-state index contributed by atoms with van der Waals surface area (Å²) in [4.78, 5) is 2.54. The van der Waals surface area contributed by atoms with Crippen molar-refractivity contribution in [2.45, 2.75) is 45.2 Å². The van der Waals surface area contributed by atoms with E-state index in [4.69, 9.17) is 5.26 Å². The lowest BCUT2D eigenvalue weighted by atomic mass is 10.0. The third kappa shape index (κ3) is 4.06. The number of nitriles is 1. The summed E-state index contributed by atoms with van der Waals surface area (Å²) in [5.41, 5.74) is 1.99. The predicted octanol–water partition coefficient (Wildman–Crippen LogP) is 3.08. The van der Waals surface area contributed by atoms with Crippen LogP contribution in [-0.2, 0) is 0 Å². The van der Waals surface area contributed by atoms with Crippen LogP contribution in [0.3, 0.4) is 0 Å². The zero-order chi connectivity index (χ0) is 14.4. The highest BCUT2D eigenvalue weighted by Gasteiger charge is 2.18. The van der Waals surface area contributed by atoms with Gasteiger partial charge in [0.25, 0.3) is 0 Å². The van der Waals surface area contributed by atoms with E-state index >= 15 is 0 Å². The molecule has 3 nitrogen and oxygen atoms in total. The van der Waals surface area contributed by atoms with Crippen LogP contribution >= 0.6 is 0 Å². The molecule has 2 atom stereocenters. The predicted molar refractivity (Wildman–Crippen MR) is 82.5 cm³/mol. The van der Waals surface area contributed by atoms with Gasteiger partial charge in [0.1, 0.15) is 0 Å². The van der Waals surface area contributed by atoms with Gasteiger partial charge in [0.15, 0.2) is 0 Å². The molecule has 1 aliphatic rings. The smallest absolute Gasteiger partial charge is 0.0991 e. The Morgan fingerprint density at radius 1 is 1.30 bits per heavy atom. The van der Waals surface area contributed by atoms with Crippen LogP contribution in [0, 0.1) is 11.3 Å². The summed E-state index contributed by atoms with van der Waals surface area (Å²) in [5, 5.41) is 12.6. The molecule has 2 unspecified atom stereocenters. The highest BCUT2D eigenvalue weighted by molar-refractivity contribution is 5.32. The van der Waals surface area contributed by atoms with Crippen molar-refractivity contribution in [2.24, 2.45) is 0 Å². The average Bonchev–Trinajstić information content (AvgIpc) is 2.72. The highest BCUT2D eigenvalue weighted by atomic mass is 15.1. The molecular weight excluding hydrogens is 246 g/mol. The van der Waals surface area contributed by atoms with Crippen LogP contribution in [0.15, 0.2) is 24.3 Å². The van der Waals surface area contributed by atoms with Crippen LogP contribution in [0.5, 0.6) is 0 Å². The Morgan fingerprint density at radius 3 is 2.70 bits per heavy atom. The fourth-order valence-corrected chi connectivity index (χ4v) is 2.93. The largest absolute Gasteiger partial charge is 0.307 e. The van der Waals surface area contributed by atoms with Gasteiger partial charge in [0.2, 0.25) is 0 Å². The van der Waals surface area contributed by atoms with Crippen LogP contribution in [0.2, 0.25) is 0 Å². The molecule has 1 aliphatic heterocycles. The maximum absolute atomic E-state index is 8.84. The van der Waals surface area contributed by atoms with Gasteiger partial charge in [0, 0.05) is 12.1 Å². The van der Waals surface area contributed by atoms with E-state index in [2.05, 4.69) is 42.3 Å². The first kappa shape index (κ1) is 15.0. The molecule has 2 rings (SSSR count). The van der Waals surface area contributed by atoms with Gasteiger partial charge < -0.3 is 10.2 Å². The molecule has 108 valence electrons.